The molecule has 1 rings (SSSR count). The van der Waals surface area contributed by atoms with E-state index in [0.717, 1.165) is 5.56 Å². The molecular formula is C12H18N2O2. The highest BCUT2D eigenvalue weighted by Gasteiger charge is 2.18. The van der Waals surface area contributed by atoms with Crippen molar-refractivity contribution in [2.75, 3.05) is 0 Å². The van der Waals surface area contributed by atoms with Gasteiger partial charge in [0, 0.05) is 0 Å². The largest absolute Gasteiger partial charge is 0.444 e. The number of rotatable bonds is 2. The fraction of sp³-hybridized carbons (Fsp3) is 0.417. The average Bonchev–Trinajstić information content (AvgIpc) is 2.16. The van der Waals surface area contributed by atoms with Crippen molar-refractivity contribution in [3.8, 4) is 0 Å². The molecule has 0 saturated heterocycles. The third-order valence-electron chi connectivity index (χ3n) is 1.83. The number of hydrogen-bond donors (Lipinski definition) is 2. The highest BCUT2D eigenvalue weighted by atomic mass is 16.6. The van der Waals surface area contributed by atoms with Gasteiger partial charge in [0.1, 0.15) is 11.8 Å². The smallest absolute Gasteiger partial charge is 0.409 e. The molecule has 0 saturated carbocycles. The number of hydrogen-bond acceptors (Lipinski definition) is 3. The topological polar surface area (TPSA) is 64.3 Å². The van der Waals surface area contributed by atoms with Crippen molar-refractivity contribution >= 4 is 6.09 Å². The van der Waals surface area contributed by atoms with Gasteiger partial charge in [-0.1, -0.05) is 30.3 Å². The van der Waals surface area contributed by atoms with Crippen LogP contribution in [0.1, 0.15) is 32.5 Å². The van der Waals surface area contributed by atoms with Crippen molar-refractivity contribution in [3.63, 3.8) is 0 Å². The van der Waals surface area contributed by atoms with E-state index < -0.39 is 17.9 Å². The van der Waals surface area contributed by atoms with Crippen LogP contribution in [0.4, 0.5) is 4.79 Å². The highest BCUT2D eigenvalue weighted by molar-refractivity contribution is 5.68. The van der Waals surface area contributed by atoms with E-state index in [-0.39, 0.29) is 0 Å². The quantitative estimate of drug-likeness (QED) is 0.754. The van der Waals surface area contributed by atoms with Gasteiger partial charge in [-0.2, -0.15) is 0 Å². The van der Waals surface area contributed by atoms with Crippen LogP contribution in [0.2, 0.25) is 0 Å². The van der Waals surface area contributed by atoms with Gasteiger partial charge in [-0.3, -0.25) is 0 Å². The fourth-order valence-corrected chi connectivity index (χ4v) is 1.18. The van der Waals surface area contributed by atoms with Crippen molar-refractivity contribution in [2.24, 2.45) is 5.73 Å². The SMILES string of the molecule is CC(C)(C)OC(=O)NC(N)c1ccccc1. The van der Waals surface area contributed by atoms with Crippen molar-refractivity contribution in [3.05, 3.63) is 35.9 Å². The lowest BCUT2D eigenvalue weighted by molar-refractivity contribution is 0.0505. The normalized spacial score (nSPS) is 13.0. The lowest BCUT2D eigenvalue weighted by Gasteiger charge is -2.22. The van der Waals surface area contributed by atoms with Gasteiger partial charge in [-0.05, 0) is 26.3 Å². The molecular weight excluding hydrogens is 204 g/mol. The van der Waals surface area contributed by atoms with Crippen molar-refractivity contribution in [2.45, 2.75) is 32.5 Å². The molecule has 4 heteroatoms. The fourth-order valence-electron chi connectivity index (χ4n) is 1.18. The van der Waals surface area contributed by atoms with Crippen molar-refractivity contribution in [1.29, 1.82) is 0 Å². The van der Waals surface area contributed by atoms with Crippen LogP contribution in [0.15, 0.2) is 30.3 Å². The second kappa shape index (κ2) is 4.99. The molecule has 0 radical (unpaired) electrons. The first-order valence-electron chi connectivity index (χ1n) is 5.18. The van der Waals surface area contributed by atoms with Gasteiger partial charge in [0.05, 0.1) is 0 Å². The van der Waals surface area contributed by atoms with Gasteiger partial charge < -0.3 is 15.8 Å². The number of carbonyl (C=O) groups excluding carboxylic acids is 1. The van der Waals surface area contributed by atoms with E-state index in [1.54, 1.807) is 20.8 Å². The molecule has 0 heterocycles. The summed E-state index contributed by atoms with van der Waals surface area (Å²) in [6, 6.07) is 9.33. The molecule has 1 atom stereocenters. The molecule has 0 aliphatic heterocycles. The van der Waals surface area contributed by atoms with E-state index in [1.165, 1.54) is 0 Å². The lowest BCUT2D eigenvalue weighted by atomic mass is 10.2. The minimum Gasteiger partial charge on any atom is -0.444 e. The Balaban J connectivity index is 2.52. The van der Waals surface area contributed by atoms with E-state index in [4.69, 9.17) is 10.5 Å². The molecule has 88 valence electrons. The zero-order valence-electron chi connectivity index (χ0n) is 9.86. The maximum absolute atomic E-state index is 11.4. The van der Waals surface area contributed by atoms with E-state index in [0.29, 0.717) is 0 Å². The van der Waals surface area contributed by atoms with Crippen LogP contribution in [-0.2, 0) is 4.74 Å². The highest BCUT2D eigenvalue weighted by Crippen LogP contribution is 2.10. The van der Waals surface area contributed by atoms with E-state index in [1.807, 2.05) is 30.3 Å². The molecule has 4 nitrogen and oxygen atoms in total. The van der Waals surface area contributed by atoms with Crippen LogP contribution in [-0.4, -0.2) is 11.7 Å². The monoisotopic (exact) mass is 222 g/mol. The molecule has 1 aromatic carbocycles. The van der Waals surface area contributed by atoms with Gasteiger partial charge >= 0.3 is 6.09 Å². The minimum atomic E-state index is -0.545. The first-order chi connectivity index (χ1) is 7.38. The van der Waals surface area contributed by atoms with Gasteiger partial charge in [-0.25, -0.2) is 4.79 Å². The maximum atomic E-state index is 11.4. The zero-order chi connectivity index (χ0) is 12.2. The van der Waals surface area contributed by atoms with Gasteiger partial charge in [0.25, 0.3) is 0 Å². The summed E-state index contributed by atoms with van der Waals surface area (Å²) in [4.78, 5) is 11.4. The molecule has 3 N–H and O–H groups in total. The molecule has 0 aliphatic rings. The molecule has 16 heavy (non-hydrogen) atoms. The Labute approximate surface area is 95.8 Å². The third kappa shape index (κ3) is 4.31. The predicted octanol–water partition coefficient (Wildman–Crippen LogP) is 2.17. The molecule has 0 bridgehead atoms. The van der Waals surface area contributed by atoms with Crippen molar-refractivity contribution < 1.29 is 9.53 Å². The number of ether oxygens (including phenoxy) is 1. The summed E-state index contributed by atoms with van der Waals surface area (Å²) in [6.45, 7) is 5.42. The first kappa shape index (κ1) is 12.5. The number of carbonyl (C=O) groups is 1. The Morgan fingerprint density at radius 1 is 1.31 bits per heavy atom. The number of benzene rings is 1. The maximum Gasteiger partial charge on any atom is 0.409 e. The van der Waals surface area contributed by atoms with Crippen molar-refractivity contribution in [1.82, 2.24) is 5.32 Å². The summed E-state index contributed by atoms with van der Waals surface area (Å²) in [5.41, 5.74) is 6.13. The van der Waals surface area contributed by atoms with Crippen LogP contribution in [0.3, 0.4) is 0 Å². The van der Waals surface area contributed by atoms with Gasteiger partial charge in [0.2, 0.25) is 0 Å². The average molecular weight is 222 g/mol. The second-order valence-corrected chi connectivity index (χ2v) is 4.53. The molecule has 0 aromatic heterocycles. The van der Waals surface area contributed by atoms with Crippen LogP contribution >= 0.6 is 0 Å². The molecule has 1 unspecified atom stereocenters. The number of amides is 1. The molecule has 1 amide bonds. The Bertz CT molecular complexity index is 344. The van der Waals surface area contributed by atoms with Gasteiger partial charge in [0.15, 0.2) is 0 Å². The zero-order valence-corrected chi connectivity index (χ0v) is 9.86. The lowest BCUT2D eigenvalue weighted by Crippen LogP contribution is -2.38. The molecule has 0 aliphatic carbocycles. The van der Waals surface area contributed by atoms with E-state index in [2.05, 4.69) is 5.32 Å². The minimum absolute atomic E-state index is 0.510. The van der Waals surface area contributed by atoms with Crippen LogP contribution in [0, 0.1) is 0 Å². The number of alkyl carbamates (subject to hydrolysis) is 1. The summed E-state index contributed by atoms with van der Waals surface area (Å²) in [5, 5.41) is 2.57. The Hall–Kier alpha value is -1.55. The number of nitrogens with two attached hydrogens (primary N) is 1. The molecule has 0 fully saturated rings. The summed E-state index contributed by atoms with van der Waals surface area (Å²) in [7, 11) is 0. The van der Waals surface area contributed by atoms with E-state index in [9.17, 15) is 4.79 Å². The second-order valence-electron chi connectivity index (χ2n) is 4.53. The summed E-state index contributed by atoms with van der Waals surface area (Å²) in [5.74, 6) is 0. The Morgan fingerprint density at radius 3 is 2.38 bits per heavy atom. The third-order valence-corrected chi connectivity index (χ3v) is 1.83. The van der Waals surface area contributed by atoms with Crippen LogP contribution in [0.25, 0.3) is 0 Å². The standard InChI is InChI=1S/C12H18N2O2/c1-12(2,3)16-11(15)14-10(13)9-7-5-4-6-8-9/h4-8,10H,13H2,1-3H3,(H,14,15). The molecule has 1 aromatic rings. The van der Waals surface area contributed by atoms with Crippen LogP contribution < -0.4 is 11.1 Å². The summed E-state index contributed by atoms with van der Waals surface area (Å²) >= 11 is 0. The van der Waals surface area contributed by atoms with E-state index >= 15 is 0 Å². The van der Waals surface area contributed by atoms with Gasteiger partial charge in [-0.15, -0.1) is 0 Å². The summed E-state index contributed by atoms with van der Waals surface area (Å²) in [6.07, 6.45) is -1.06. The molecule has 0 spiro atoms. The first-order valence-corrected chi connectivity index (χ1v) is 5.18. The summed E-state index contributed by atoms with van der Waals surface area (Å²) < 4.78 is 5.10. The Kier molecular flexibility index (Phi) is 3.90. The number of nitrogens with one attached hydrogen (secondary N) is 1. The Morgan fingerprint density at radius 2 is 1.88 bits per heavy atom. The predicted molar refractivity (Wildman–Crippen MR) is 62.7 cm³/mol. The van der Waals surface area contributed by atoms with Crippen LogP contribution in [0.5, 0.6) is 0 Å².